The van der Waals surface area contributed by atoms with E-state index >= 15 is 0 Å². The molecule has 1 saturated heterocycles. The molecule has 1 N–H and O–H groups in total. The van der Waals surface area contributed by atoms with Gasteiger partial charge in [0.15, 0.2) is 11.6 Å². The number of rotatable bonds is 3. The Labute approximate surface area is 178 Å². The van der Waals surface area contributed by atoms with Crippen LogP contribution in [0.25, 0.3) is 22.8 Å². The van der Waals surface area contributed by atoms with E-state index in [0.717, 1.165) is 28.9 Å². The third-order valence-corrected chi connectivity index (χ3v) is 5.87. The van der Waals surface area contributed by atoms with Crippen molar-refractivity contribution >= 4 is 12.6 Å². The molecule has 0 saturated carbocycles. The van der Waals surface area contributed by atoms with E-state index in [1.54, 1.807) is 0 Å². The van der Waals surface area contributed by atoms with Crippen LogP contribution in [0.4, 0.5) is 13.2 Å². The van der Waals surface area contributed by atoms with Crippen molar-refractivity contribution in [1.82, 2.24) is 20.2 Å². The molecular formula is C21H22BF3N4O2. The molecule has 3 aromatic rings. The van der Waals surface area contributed by atoms with Crippen molar-refractivity contribution in [2.75, 3.05) is 0 Å². The Hall–Kier alpha value is -2.72. The first-order valence-electron chi connectivity index (χ1n) is 9.80. The van der Waals surface area contributed by atoms with Crippen LogP contribution in [0.1, 0.15) is 39.0 Å². The number of nitrogens with zero attached hydrogens (tertiary/aromatic N) is 3. The van der Waals surface area contributed by atoms with Gasteiger partial charge < -0.3 is 14.3 Å². The van der Waals surface area contributed by atoms with Crippen LogP contribution in [0, 0.1) is 6.92 Å². The molecule has 1 aromatic carbocycles. The number of aryl methyl sites for hydroxylation is 1. The van der Waals surface area contributed by atoms with Gasteiger partial charge in [-0.25, -0.2) is 0 Å². The van der Waals surface area contributed by atoms with E-state index in [0.29, 0.717) is 5.82 Å². The summed E-state index contributed by atoms with van der Waals surface area (Å²) in [6, 6.07) is 8.07. The Morgan fingerprint density at radius 3 is 2.06 bits per heavy atom. The van der Waals surface area contributed by atoms with Crippen molar-refractivity contribution in [1.29, 1.82) is 0 Å². The van der Waals surface area contributed by atoms with Crippen molar-refractivity contribution in [3.05, 3.63) is 47.8 Å². The van der Waals surface area contributed by atoms with Gasteiger partial charge in [-0.15, -0.1) is 10.2 Å². The summed E-state index contributed by atoms with van der Waals surface area (Å²) >= 11 is 0. The molecule has 1 fully saturated rings. The fraction of sp³-hybridized carbons (Fsp3) is 0.381. The topological polar surface area (TPSA) is 72.9 Å². The van der Waals surface area contributed by atoms with E-state index in [1.165, 1.54) is 6.07 Å². The van der Waals surface area contributed by atoms with E-state index in [1.807, 2.05) is 52.8 Å². The minimum absolute atomic E-state index is 0.223. The summed E-state index contributed by atoms with van der Waals surface area (Å²) in [7, 11) is -0.540. The quantitative estimate of drug-likeness (QED) is 0.632. The summed E-state index contributed by atoms with van der Waals surface area (Å²) in [5.41, 5.74) is 0.886. The smallest absolute Gasteiger partial charge is 0.399 e. The van der Waals surface area contributed by atoms with Crippen LogP contribution in [-0.2, 0) is 15.5 Å². The van der Waals surface area contributed by atoms with E-state index in [2.05, 4.69) is 20.2 Å². The second kappa shape index (κ2) is 7.17. The first-order valence-corrected chi connectivity index (χ1v) is 9.80. The Morgan fingerprint density at radius 1 is 0.903 bits per heavy atom. The molecule has 3 heterocycles. The number of nitrogens with one attached hydrogen (secondary N) is 1. The molecule has 0 amide bonds. The number of alkyl halides is 3. The number of hydrogen-bond donors (Lipinski definition) is 1. The average Bonchev–Trinajstić information content (AvgIpc) is 3.24. The highest BCUT2D eigenvalue weighted by Gasteiger charge is 2.52. The molecule has 0 spiro atoms. The van der Waals surface area contributed by atoms with E-state index < -0.39 is 30.2 Å². The van der Waals surface area contributed by atoms with E-state index in [4.69, 9.17) is 9.31 Å². The molecule has 1 aliphatic rings. The van der Waals surface area contributed by atoms with Crippen molar-refractivity contribution < 1.29 is 22.5 Å². The monoisotopic (exact) mass is 430 g/mol. The predicted molar refractivity (Wildman–Crippen MR) is 111 cm³/mol. The van der Waals surface area contributed by atoms with Gasteiger partial charge in [0, 0.05) is 17.3 Å². The maximum atomic E-state index is 13.0. The van der Waals surface area contributed by atoms with Crippen molar-refractivity contribution in [2.45, 2.75) is 52.0 Å². The first kappa shape index (κ1) is 21.5. The lowest BCUT2D eigenvalue weighted by Crippen LogP contribution is -2.41. The zero-order chi connectivity index (χ0) is 22.6. The van der Waals surface area contributed by atoms with Gasteiger partial charge in [0.05, 0.1) is 11.2 Å². The summed E-state index contributed by atoms with van der Waals surface area (Å²) in [5.74, 6) is 0.652. The molecule has 0 unspecified atom stereocenters. The van der Waals surface area contributed by atoms with Crippen LogP contribution in [-0.4, -0.2) is 38.5 Å². The zero-order valence-corrected chi connectivity index (χ0v) is 17.8. The van der Waals surface area contributed by atoms with Gasteiger partial charge in [0.1, 0.15) is 5.69 Å². The maximum Gasteiger partial charge on any atom is 0.495 e. The van der Waals surface area contributed by atoms with Crippen LogP contribution in [0.2, 0.25) is 0 Å². The lowest BCUT2D eigenvalue weighted by Gasteiger charge is -2.32. The maximum absolute atomic E-state index is 13.0. The number of hydrogen-bond acceptors (Lipinski definition) is 5. The van der Waals surface area contributed by atoms with Crippen LogP contribution in [0.15, 0.2) is 36.5 Å². The van der Waals surface area contributed by atoms with Gasteiger partial charge in [-0.2, -0.15) is 13.2 Å². The Morgan fingerprint density at radius 2 is 1.48 bits per heavy atom. The van der Waals surface area contributed by atoms with Gasteiger partial charge in [0.2, 0.25) is 0 Å². The standard InChI is InChI=1S/C21H22BF3N4O2/c1-12-6-7-13(10-15(12)22-30-19(2,3)20(4,5)31-22)17-27-18(29-28-17)14-8-9-26-16(11-14)21(23,24)25/h6-11H,1-5H3,(H,27,28,29). The van der Waals surface area contributed by atoms with Crippen LogP contribution in [0.3, 0.4) is 0 Å². The van der Waals surface area contributed by atoms with Crippen molar-refractivity contribution in [3.63, 3.8) is 0 Å². The number of halogens is 3. The molecule has 4 rings (SSSR count). The summed E-state index contributed by atoms with van der Waals surface area (Å²) in [6.07, 6.45) is -3.43. The molecule has 0 atom stereocenters. The number of aromatic amines is 1. The molecule has 2 aromatic heterocycles. The second-order valence-electron chi connectivity index (χ2n) is 8.61. The average molecular weight is 430 g/mol. The highest BCUT2D eigenvalue weighted by Crippen LogP contribution is 2.37. The minimum atomic E-state index is -4.53. The molecule has 10 heteroatoms. The van der Waals surface area contributed by atoms with Gasteiger partial charge in [-0.05, 0) is 52.2 Å². The molecule has 162 valence electrons. The number of aromatic nitrogens is 4. The second-order valence-corrected chi connectivity index (χ2v) is 8.61. The highest BCUT2D eigenvalue weighted by molar-refractivity contribution is 6.62. The fourth-order valence-electron chi connectivity index (χ4n) is 3.27. The van der Waals surface area contributed by atoms with E-state index in [-0.39, 0.29) is 11.4 Å². The fourth-order valence-corrected chi connectivity index (χ4v) is 3.27. The summed E-state index contributed by atoms with van der Waals surface area (Å²) < 4.78 is 51.2. The van der Waals surface area contributed by atoms with Crippen molar-refractivity contribution in [2.24, 2.45) is 0 Å². The largest absolute Gasteiger partial charge is 0.495 e. The van der Waals surface area contributed by atoms with Gasteiger partial charge in [-0.3, -0.25) is 4.98 Å². The third kappa shape index (κ3) is 3.97. The number of benzene rings is 1. The molecule has 6 nitrogen and oxygen atoms in total. The van der Waals surface area contributed by atoms with Crippen LogP contribution >= 0.6 is 0 Å². The van der Waals surface area contributed by atoms with Crippen LogP contribution < -0.4 is 5.46 Å². The summed E-state index contributed by atoms with van der Waals surface area (Å²) in [6.45, 7) is 9.90. The predicted octanol–water partition coefficient (Wildman–Crippen LogP) is 4.16. The van der Waals surface area contributed by atoms with Crippen LogP contribution in [0.5, 0.6) is 0 Å². The zero-order valence-electron chi connectivity index (χ0n) is 17.8. The Bertz CT molecular complexity index is 1110. The number of pyridine rings is 1. The molecule has 0 aliphatic carbocycles. The minimum Gasteiger partial charge on any atom is -0.399 e. The molecule has 1 aliphatic heterocycles. The van der Waals surface area contributed by atoms with Crippen molar-refractivity contribution in [3.8, 4) is 22.8 Å². The Kier molecular flexibility index (Phi) is 4.97. The van der Waals surface area contributed by atoms with E-state index in [9.17, 15) is 13.2 Å². The SMILES string of the molecule is Cc1ccc(-c2nnc(-c3ccnc(C(F)(F)F)c3)[nH]2)cc1B1OC(C)(C)C(C)(C)O1. The molecular weight excluding hydrogens is 408 g/mol. The summed E-state index contributed by atoms with van der Waals surface area (Å²) in [5, 5.41) is 8.14. The third-order valence-electron chi connectivity index (χ3n) is 5.87. The lowest BCUT2D eigenvalue weighted by molar-refractivity contribution is -0.141. The molecule has 31 heavy (non-hydrogen) atoms. The van der Waals surface area contributed by atoms with Gasteiger partial charge in [0.25, 0.3) is 0 Å². The normalized spacial score (nSPS) is 17.9. The Balaban J connectivity index is 1.66. The first-order chi connectivity index (χ1) is 14.4. The highest BCUT2D eigenvalue weighted by atomic mass is 19.4. The molecule has 0 bridgehead atoms. The summed E-state index contributed by atoms with van der Waals surface area (Å²) in [4.78, 5) is 6.37. The lowest BCUT2D eigenvalue weighted by atomic mass is 9.75. The molecule has 0 radical (unpaired) electrons. The van der Waals surface area contributed by atoms with Gasteiger partial charge >= 0.3 is 13.3 Å². The number of H-pyrrole nitrogens is 1. The van der Waals surface area contributed by atoms with Gasteiger partial charge in [-0.1, -0.05) is 23.8 Å².